The standard InChI is InChI=1S/C22H26FN3O4/c1-13(2)11-26-18(21(29)24(3)4)16-9-10-25(12-14-5-7-15(23)8-6-14)20(28)17(16)19(27)22(26)30/h5-8,13,27H,9-12H2,1-4H3. The third-order valence-corrected chi connectivity index (χ3v) is 5.12. The lowest BCUT2D eigenvalue weighted by Crippen LogP contribution is -2.42. The van der Waals surface area contributed by atoms with Crippen LogP contribution >= 0.6 is 0 Å². The van der Waals surface area contributed by atoms with E-state index in [4.69, 9.17) is 0 Å². The Morgan fingerprint density at radius 3 is 2.40 bits per heavy atom. The van der Waals surface area contributed by atoms with Gasteiger partial charge in [-0.15, -0.1) is 0 Å². The molecule has 1 aromatic heterocycles. The zero-order valence-corrected chi connectivity index (χ0v) is 17.6. The lowest BCUT2D eigenvalue weighted by Gasteiger charge is -2.31. The molecule has 0 unspecified atom stereocenters. The van der Waals surface area contributed by atoms with Gasteiger partial charge in [-0.1, -0.05) is 26.0 Å². The predicted molar refractivity (Wildman–Crippen MR) is 110 cm³/mol. The molecule has 1 aliphatic rings. The van der Waals surface area contributed by atoms with E-state index < -0.39 is 17.2 Å². The van der Waals surface area contributed by atoms with Crippen LogP contribution in [0.4, 0.5) is 4.39 Å². The molecule has 3 rings (SSSR count). The van der Waals surface area contributed by atoms with Gasteiger partial charge in [-0.25, -0.2) is 4.39 Å². The molecule has 2 heterocycles. The first-order valence-electron chi connectivity index (χ1n) is 9.85. The summed E-state index contributed by atoms with van der Waals surface area (Å²) < 4.78 is 14.4. The van der Waals surface area contributed by atoms with Crippen molar-refractivity contribution in [3.05, 3.63) is 62.8 Å². The fourth-order valence-electron chi connectivity index (χ4n) is 3.70. The number of aromatic nitrogens is 1. The van der Waals surface area contributed by atoms with Crippen LogP contribution in [0.2, 0.25) is 0 Å². The van der Waals surface area contributed by atoms with Gasteiger partial charge in [0.2, 0.25) is 0 Å². The molecule has 160 valence electrons. The first kappa shape index (κ1) is 21.5. The summed E-state index contributed by atoms with van der Waals surface area (Å²) in [7, 11) is 3.16. The van der Waals surface area contributed by atoms with Crippen LogP contribution in [0.1, 0.15) is 45.8 Å². The van der Waals surface area contributed by atoms with E-state index in [1.807, 2.05) is 13.8 Å². The van der Waals surface area contributed by atoms with Crippen molar-refractivity contribution in [3.63, 3.8) is 0 Å². The average Bonchev–Trinajstić information content (AvgIpc) is 2.68. The molecule has 0 spiro atoms. The van der Waals surface area contributed by atoms with E-state index in [2.05, 4.69) is 0 Å². The normalized spacial score (nSPS) is 13.5. The van der Waals surface area contributed by atoms with Crippen LogP contribution in [0.15, 0.2) is 29.1 Å². The Bertz CT molecular complexity index is 1040. The Morgan fingerprint density at radius 2 is 1.83 bits per heavy atom. The largest absolute Gasteiger partial charge is 0.502 e. The van der Waals surface area contributed by atoms with Crippen molar-refractivity contribution in [1.29, 1.82) is 0 Å². The minimum atomic E-state index is -0.746. The van der Waals surface area contributed by atoms with Gasteiger partial charge in [-0.3, -0.25) is 14.4 Å². The second-order valence-electron chi connectivity index (χ2n) is 8.16. The fourth-order valence-corrected chi connectivity index (χ4v) is 3.70. The van der Waals surface area contributed by atoms with Crippen LogP contribution < -0.4 is 5.56 Å². The number of aromatic hydroxyl groups is 1. The van der Waals surface area contributed by atoms with Crippen molar-refractivity contribution in [2.75, 3.05) is 20.6 Å². The zero-order chi connectivity index (χ0) is 22.2. The maximum atomic E-state index is 13.2. The quantitative estimate of drug-likeness (QED) is 0.812. The summed E-state index contributed by atoms with van der Waals surface area (Å²) in [4.78, 5) is 41.8. The Kier molecular flexibility index (Phi) is 5.96. The molecule has 30 heavy (non-hydrogen) atoms. The highest BCUT2D eigenvalue weighted by molar-refractivity contribution is 6.03. The van der Waals surface area contributed by atoms with Crippen LogP contribution in [0, 0.1) is 11.7 Å². The number of hydrogen-bond donors (Lipinski definition) is 1. The fraction of sp³-hybridized carbons (Fsp3) is 0.409. The smallest absolute Gasteiger partial charge is 0.294 e. The highest BCUT2D eigenvalue weighted by Crippen LogP contribution is 2.29. The number of rotatable bonds is 5. The third-order valence-electron chi connectivity index (χ3n) is 5.12. The summed E-state index contributed by atoms with van der Waals surface area (Å²) in [6.45, 7) is 4.59. The Balaban J connectivity index is 2.11. The molecule has 0 aliphatic carbocycles. The molecular formula is C22H26FN3O4. The van der Waals surface area contributed by atoms with Crippen LogP contribution in [0.3, 0.4) is 0 Å². The van der Waals surface area contributed by atoms with Gasteiger partial charge in [0, 0.05) is 39.3 Å². The first-order valence-corrected chi connectivity index (χ1v) is 9.85. The Morgan fingerprint density at radius 1 is 1.20 bits per heavy atom. The number of benzene rings is 1. The molecule has 7 nitrogen and oxygen atoms in total. The first-order chi connectivity index (χ1) is 14.1. The van der Waals surface area contributed by atoms with Gasteiger partial charge in [-0.05, 0) is 30.0 Å². The van der Waals surface area contributed by atoms with Crippen molar-refractivity contribution in [3.8, 4) is 5.75 Å². The topological polar surface area (TPSA) is 82.8 Å². The predicted octanol–water partition coefficient (Wildman–Crippen LogP) is 2.25. The van der Waals surface area contributed by atoms with E-state index in [1.165, 1.54) is 26.5 Å². The number of nitrogens with zero attached hydrogens (tertiary/aromatic N) is 3. The summed E-state index contributed by atoms with van der Waals surface area (Å²) in [5.41, 5.74) is 0.418. The Hall–Kier alpha value is -3.16. The minimum Gasteiger partial charge on any atom is -0.502 e. The summed E-state index contributed by atoms with van der Waals surface area (Å²) >= 11 is 0. The van der Waals surface area contributed by atoms with E-state index >= 15 is 0 Å². The molecule has 1 N–H and O–H groups in total. The van der Waals surface area contributed by atoms with Gasteiger partial charge in [0.1, 0.15) is 11.5 Å². The average molecular weight is 415 g/mol. The van der Waals surface area contributed by atoms with Crippen LogP contribution in [-0.2, 0) is 19.5 Å². The minimum absolute atomic E-state index is 0.0585. The van der Waals surface area contributed by atoms with Crippen molar-refractivity contribution in [2.24, 2.45) is 5.92 Å². The van der Waals surface area contributed by atoms with Crippen molar-refractivity contribution >= 4 is 11.8 Å². The van der Waals surface area contributed by atoms with E-state index in [0.717, 1.165) is 5.56 Å². The molecule has 0 radical (unpaired) electrons. The summed E-state index contributed by atoms with van der Waals surface area (Å²) in [6.07, 6.45) is 0.323. The third kappa shape index (κ3) is 3.94. The molecule has 0 saturated carbocycles. The molecule has 8 heteroatoms. The number of pyridine rings is 1. The van der Waals surface area contributed by atoms with E-state index in [0.29, 0.717) is 18.5 Å². The number of halogens is 1. The zero-order valence-electron chi connectivity index (χ0n) is 17.6. The molecule has 0 atom stereocenters. The maximum Gasteiger partial charge on any atom is 0.294 e. The molecule has 0 saturated heterocycles. The van der Waals surface area contributed by atoms with Gasteiger partial charge in [0.15, 0.2) is 5.75 Å². The molecular weight excluding hydrogens is 389 g/mol. The van der Waals surface area contributed by atoms with Crippen LogP contribution in [0.5, 0.6) is 5.75 Å². The van der Waals surface area contributed by atoms with E-state index in [9.17, 15) is 23.9 Å². The van der Waals surface area contributed by atoms with Crippen molar-refractivity contribution < 1.29 is 19.1 Å². The molecule has 2 aromatic rings. The number of carbonyl (C=O) groups excluding carboxylic acids is 2. The second kappa shape index (κ2) is 8.30. The van der Waals surface area contributed by atoms with Crippen LogP contribution in [-0.4, -0.2) is 51.9 Å². The Labute approximate surface area is 174 Å². The maximum absolute atomic E-state index is 13.2. The number of carbonyl (C=O) groups is 2. The van der Waals surface area contributed by atoms with E-state index in [1.54, 1.807) is 26.2 Å². The number of fused-ring (bicyclic) bond motifs is 1. The lowest BCUT2D eigenvalue weighted by molar-refractivity contribution is 0.0719. The van der Waals surface area contributed by atoms with Gasteiger partial charge >= 0.3 is 0 Å². The molecule has 0 fully saturated rings. The highest BCUT2D eigenvalue weighted by Gasteiger charge is 2.35. The molecule has 1 aliphatic heterocycles. The SMILES string of the molecule is CC(C)Cn1c(C(=O)N(C)C)c2c(c(O)c1=O)C(=O)N(Cc1ccc(F)cc1)CC2. The second-order valence-corrected chi connectivity index (χ2v) is 8.16. The van der Waals surface area contributed by atoms with Crippen LogP contribution in [0.25, 0.3) is 0 Å². The molecule has 2 amide bonds. The summed E-state index contributed by atoms with van der Waals surface area (Å²) in [5, 5.41) is 10.6. The van der Waals surface area contributed by atoms with Crippen molar-refractivity contribution in [2.45, 2.75) is 33.4 Å². The van der Waals surface area contributed by atoms with Gasteiger partial charge in [-0.2, -0.15) is 0 Å². The number of hydrogen-bond acceptors (Lipinski definition) is 4. The highest BCUT2D eigenvalue weighted by atomic mass is 19.1. The van der Waals surface area contributed by atoms with Gasteiger partial charge in [0.25, 0.3) is 17.4 Å². The summed E-state index contributed by atoms with van der Waals surface area (Å²) in [6, 6.07) is 5.79. The van der Waals surface area contributed by atoms with Gasteiger partial charge in [0.05, 0.1) is 5.56 Å². The van der Waals surface area contributed by atoms with Crippen molar-refractivity contribution in [1.82, 2.24) is 14.4 Å². The summed E-state index contributed by atoms with van der Waals surface area (Å²) in [5.74, 6) is -1.84. The monoisotopic (exact) mass is 415 g/mol. The molecule has 0 bridgehead atoms. The number of amides is 2. The van der Waals surface area contributed by atoms with E-state index in [-0.39, 0.29) is 42.0 Å². The van der Waals surface area contributed by atoms with Gasteiger partial charge < -0.3 is 19.5 Å². The molecule has 1 aromatic carbocycles. The lowest BCUT2D eigenvalue weighted by atomic mass is 9.95.